The molecule has 2 aromatic rings. The predicted octanol–water partition coefficient (Wildman–Crippen LogP) is -0.696. The standard InChI is InChI=1S/C9H5BF3O2.K/c11-10(12,13)7-1-2-9-6(3-7)4-8(5-14)15-9;/h1-5H;/q-1;+1. The molecular weight excluding hydrogens is 247 g/mol. The Kier molecular flexibility index (Phi) is 4.42. The first-order chi connectivity index (χ1) is 7.00. The van der Waals surface area contributed by atoms with Crippen LogP contribution < -0.4 is 56.8 Å². The third-order valence-electron chi connectivity index (χ3n) is 2.05. The second-order valence-corrected chi connectivity index (χ2v) is 3.14. The van der Waals surface area contributed by atoms with E-state index >= 15 is 0 Å². The molecule has 0 spiro atoms. The third kappa shape index (κ3) is 2.78. The number of furan rings is 1. The van der Waals surface area contributed by atoms with Crippen LogP contribution in [0.15, 0.2) is 28.7 Å². The Morgan fingerprint density at radius 1 is 1.19 bits per heavy atom. The van der Waals surface area contributed by atoms with E-state index in [4.69, 9.17) is 4.42 Å². The SMILES string of the molecule is O=Cc1cc2cc([B-](F)(F)F)ccc2o1.[K+]. The molecule has 2 rings (SSSR count). The number of halogens is 3. The fourth-order valence-corrected chi connectivity index (χ4v) is 1.34. The molecule has 0 bridgehead atoms. The van der Waals surface area contributed by atoms with E-state index < -0.39 is 12.4 Å². The van der Waals surface area contributed by atoms with Crippen molar-refractivity contribution >= 4 is 29.7 Å². The molecule has 0 amide bonds. The van der Waals surface area contributed by atoms with Gasteiger partial charge in [0, 0.05) is 5.39 Å². The summed E-state index contributed by atoms with van der Waals surface area (Å²) in [6, 6.07) is 4.42. The summed E-state index contributed by atoms with van der Waals surface area (Å²) in [6.07, 6.45) is 0.457. The number of fused-ring (bicyclic) bond motifs is 1. The molecule has 0 fully saturated rings. The molecule has 2 nitrogen and oxygen atoms in total. The summed E-state index contributed by atoms with van der Waals surface area (Å²) in [7, 11) is 0. The summed E-state index contributed by atoms with van der Waals surface area (Å²) >= 11 is 0. The van der Waals surface area contributed by atoms with Crippen molar-refractivity contribution in [2.75, 3.05) is 0 Å². The molecule has 0 aliphatic carbocycles. The van der Waals surface area contributed by atoms with Crippen LogP contribution in [0.5, 0.6) is 0 Å². The van der Waals surface area contributed by atoms with Gasteiger partial charge in [-0.1, -0.05) is 12.1 Å². The Morgan fingerprint density at radius 2 is 1.88 bits per heavy atom. The van der Waals surface area contributed by atoms with Crippen molar-refractivity contribution in [1.29, 1.82) is 0 Å². The summed E-state index contributed by atoms with van der Waals surface area (Å²) in [5.41, 5.74) is -0.415. The minimum atomic E-state index is -5.01. The van der Waals surface area contributed by atoms with Crippen molar-refractivity contribution in [3.8, 4) is 0 Å². The summed E-state index contributed by atoms with van der Waals surface area (Å²) in [4.78, 5) is 10.3. The van der Waals surface area contributed by atoms with Crippen molar-refractivity contribution in [1.82, 2.24) is 0 Å². The molecular formula is C9H5BF3KO2. The number of aldehydes is 1. The van der Waals surface area contributed by atoms with Crippen LogP contribution in [0.25, 0.3) is 11.0 Å². The minimum Gasteiger partial charge on any atom is -0.453 e. The van der Waals surface area contributed by atoms with Gasteiger partial charge in [0.1, 0.15) is 5.58 Å². The summed E-state index contributed by atoms with van der Waals surface area (Å²) in [6.45, 7) is -5.01. The molecule has 0 saturated carbocycles. The van der Waals surface area contributed by atoms with Gasteiger partial charge >= 0.3 is 58.4 Å². The van der Waals surface area contributed by atoms with Crippen LogP contribution in [-0.4, -0.2) is 13.3 Å². The smallest absolute Gasteiger partial charge is 0.453 e. The number of rotatable bonds is 2. The Bertz CT molecular complexity index is 521. The van der Waals surface area contributed by atoms with E-state index in [1.54, 1.807) is 0 Å². The number of carbonyl (C=O) groups is 1. The quantitative estimate of drug-likeness (QED) is 0.523. The van der Waals surface area contributed by atoms with Gasteiger partial charge in [0.2, 0.25) is 0 Å². The monoisotopic (exact) mass is 252 g/mol. The zero-order valence-corrected chi connectivity index (χ0v) is 11.5. The number of benzene rings is 1. The molecule has 0 aliphatic heterocycles. The first kappa shape index (κ1) is 14.0. The Labute approximate surface area is 132 Å². The van der Waals surface area contributed by atoms with Gasteiger partial charge in [-0.3, -0.25) is 4.79 Å². The van der Waals surface area contributed by atoms with Crippen molar-refractivity contribution in [2.45, 2.75) is 0 Å². The Hall–Kier alpha value is -0.0787. The third-order valence-corrected chi connectivity index (χ3v) is 2.05. The molecule has 1 aromatic heterocycles. The fraction of sp³-hybridized carbons (Fsp3) is 0. The van der Waals surface area contributed by atoms with Gasteiger partial charge in [-0.15, -0.1) is 5.46 Å². The van der Waals surface area contributed by atoms with Crippen LogP contribution in [-0.2, 0) is 0 Å². The van der Waals surface area contributed by atoms with Gasteiger partial charge in [-0.2, -0.15) is 0 Å². The van der Waals surface area contributed by atoms with E-state index in [-0.39, 0.29) is 68.1 Å². The second kappa shape index (κ2) is 5.05. The van der Waals surface area contributed by atoms with Gasteiger partial charge in [0.05, 0.1) is 0 Å². The summed E-state index contributed by atoms with van der Waals surface area (Å²) < 4.78 is 42.1. The maximum Gasteiger partial charge on any atom is 1.00 e. The van der Waals surface area contributed by atoms with Gasteiger partial charge in [-0.25, -0.2) is 0 Å². The molecule has 0 N–H and O–H groups in total. The van der Waals surface area contributed by atoms with Gasteiger partial charge < -0.3 is 17.4 Å². The van der Waals surface area contributed by atoms with E-state index in [9.17, 15) is 17.7 Å². The molecule has 0 aliphatic rings. The topological polar surface area (TPSA) is 30.2 Å². The molecule has 7 heteroatoms. The zero-order chi connectivity index (χ0) is 11.1. The van der Waals surface area contributed by atoms with Crippen LogP contribution in [0.3, 0.4) is 0 Å². The number of hydrogen-bond acceptors (Lipinski definition) is 2. The largest absolute Gasteiger partial charge is 1.00 e. The van der Waals surface area contributed by atoms with Crippen molar-refractivity contribution in [3.05, 3.63) is 30.0 Å². The predicted molar refractivity (Wildman–Crippen MR) is 50.3 cm³/mol. The summed E-state index contributed by atoms with van der Waals surface area (Å²) in [5.74, 6) is 0.0248. The fourth-order valence-electron chi connectivity index (χ4n) is 1.34. The van der Waals surface area contributed by atoms with Gasteiger partial charge in [0.25, 0.3) is 0 Å². The second-order valence-electron chi connectivity index (χ2n) is 3.14. The molecule has 1 heterocycles. The van der Waals surface area contributed by atoms with E-state index in [1.165, 1.54) is 12.1 Å². The van der Waals surface area contributed by atoms with Crippen LogP contribution in [0.1, 0.15) is 10.6 Å². The Morgan fingerprint density at radius 3 is 2.44 bits per heavy atom. The number of hydrogen-bond donors (Lipinski definition) is 0. The zero-order valence-electron chi connectivity index (χ0n) is 8.41. The molecule has 0 saturated heterocycles. The van der Waals surface area contributed by atoms with E-state index in [2.05, 4.69) is 0 Å². The van der Waals surface area contributed by atoms with Gasteiger partial charge in [0.15, 0.2) is 12.0 Å². The van der Waals surface area contributed by atoms with E-state index in [1.807, 2.05) is 0 Å². The van der Waals surface area contributed by atoms with Gasteiger partial charge in [-0.05, 0) is 12.1 Å². The normalized spacial score (nSPS) is 11.2. The summed E-state index contributed by atoms with van der Waals surface area (Å²) in [5, 5.41) is 0.286. The molecule has 0 unspecified atom stereocenters. The average Bonchev–Trinajstić information content (AvgIpc) is 2.57. The first-order valence-electron chi connectivity index (χ1n) is 4.19. The number of carbonyl (C=O) groups excluding carboxylic acids is 1. The molecule has 0 atom stereocenters. The molecule has 78 valence electrons. The molecule has 16 heavy (non-hydrogen) atoms. The maximum atomic E-state index is 12.4. The van der Waals surface area contributed by atoms with Crippen LogP contribution in [0, 0.1) is 0 Å². The molecule has 0 radical (unpaired) electrons. The van der Waals surface area contributed by atoms with Crippen molar-refractivity contribution in [3.63, 3.8) is 0 Å². The van der Waals surface area contributed by atoms with Crippen LogP contribution in [0.2, 0.25) is 0 Å². The molecule has 1 aromatic carbocycles. The van der Waals surface area contributed by atoms with E-state index in [0.29, 0.717) is 6.29 Å². The maximum absolute atomic E-state index is 12.4. The minimum absolute atomic E-state index is 0. The van der Waals surface area contributed by atoms with Crippen LogP contribution in [0.4, 0.5) is 12.9 Å². The van der Waals surface area contributed by atoms with Crippen molar-refractivity contribution in [2.24, 2.45) is 0 Å². The first-order valence-corrected chi connectivity index (χ1v) is 4.19. The van der Waals surface area contributed by atoms with E-state index in [0.717, 1.165) is 12.1 Å². The van der Waals surface area contributed by atoms with Crippen molar-refractivity contribution < 1.29 is 73.5 Å². The average molecular weight is 252 g/mol. The Balaban J connectivity index is 0.00000128. The van der Waals surface area contributed by atoms with Crippen LogP contribution >= 0.6 is 0 Å².